The van der Waals surface area contributed by atoms with Crippen LogP contribution >= 0.6 is 0 Å². The Hall–Kier alpha value is -2.95. The van der Waals surface area contributed by atoms with Crippen LogP contribution in [0.1, 0.15) is 32.3 Å². The van der Waals surface area contributed by atoms with E-state index >= 15 is 0 Å². The zero-order chi connectivity index (χ0) is 20.2. The van der Waals surface area contributed by atoms with Crippen molar-refractivity contribution in [1.29, 1.82) is 5.26 Å². The summed E-state index contributed by atoms with van der Waals surface area (Å²) in [5.41, 5.74) is -4.11. The van der Waals surface area contributed by atoms with Crippen molar-refractivity contribution in [1.82, 2.24) is 0 Å². The van der Waals surface area contributed by atoms with Gasteiger partial charge in [0.05, 0.1) is 25.9 Å². The van der Waals surface area contributed by atoms with Gasteiger partial charge in [0.25, 0.3) is 0 Å². The Bertz CT molecular complexity index is 766. The number of nitriles is 1. The average molecular weight is 377 g/mol. The van der Waals surface area contributed by atoms with Gasteiger partial charge in [-0.1, -0.05) is 12.1 Å². The van der Waals surface area contributed by atoms with Crippen LogP contribution in [-0.4, -0.2) is 37.7 Å². The van der Waals surface area contributed by atoms with Gasteiger partial charge >= 0.3 is 17.9 Å². The molecule has 1 aliphatic carbocycles. The molecule has 2 atom stereocenters. The van der Waals surface area contributed by atoms with Gasteiger partial charge in [0.15, 0.2) is 5.41 Å². The van der Waals surface area contributed by atoms with Crippen molar-refractivity contribution in [3.8, 4) is 6.07 Å². The number of nitrogens with zero attached hydrogens (tertiary/aromatic N) is 1. The van der Waals surface area contributed by atoms with Crippen molar-refractivity contribution in [2.75, 3.05) is 19.8 Å². The molecule has 0 aromatic heterocycles. The van der Waals surface area contributed by atoms with Crippen molar-refractivity contribution < 1.29 is 33.0 Å². The van der Waals surface area contributed by atoms with E-state index in [9.17, 15) is 24.0 Å². The van der Waals surface area contributed by atoms with E-state index in [1.165, 1.54) is 32.9 Å². The number of ether oxygens (including phenoxy) is 3. The Morgan fingerprint density at radius 2 is 1.41 bits per heavy atom. The summed E-state index contributed by atoms with van der Waals surface area (Å²) < 4.78 is 28.4. The van der Waals surface area contributed by atoms with Crippen molar-refractivity contribution in [3.05, 3.63) is 35.6 Å². The minimum Gasteiger partial charge on any atom is -0.465 e. The Kier molecular flexibility index (Phi) is 5.84. The molecular formula is C19H20FNO6. The number of carbonyl (C=O) groups excluding carboxylic acids is 3. The second-order valence-electron chi connectivity index (χ2n) is 5.87. The van der Waals surface area contributed by atoms with Crippen LogP contribution < -0.4 is 0 Å². The largest absolute Gasteiger partial charge is 0.465 e. The van der Waals surface area contributed by atoms with E-state index in [0.717, 1.165) is 12.1 Å². The summed E-state index contributed by atoms with van der Waals surface area (Å²) >= 11 is 0. The first-order chi connectivity index (χ1) is 12.9. The van der Waals surface area contributed by atoms with E-state index in [0.29, 0.717) is 0 Å². The standard InChI is InChI=1S/C19H20FNO6/c1-4-25-15(22)18(11-21)14(12-7-9-13(20)10-8-12)19(18,16(23)26-5-2)17(24)27-6-3/h7-10,14H,4-6H2,1-3H3/t14-,18+/m0/s1. The van der Waals surface area contributed by atoms with Gasteiger partial charge in [-0.25, -0.2) is 4.39 Å². The first kappa shape index (κ1) is 20.4. The van der Waals surface area contributed by atoms with Crippen LogP contribution in [0.25, 0.3) is 0 Å². The highest BCUT2D eigenvalue weighted by Crippen LogP contribution is 2.75. The van der Waals surface area contributed by atoms with Gasteiger partial charge in [0.2, 0.25) is 5.41 Å². The lowest BCUT2D eigenvalue weighted by molar-refractivity contribution is -0.170. The van der Waals surface area contributed by atoms with Gasteiger partial charge in [0, 0.05) is 5.92 Å². The second kappa shape index (κ2) is 7.74. The Morgan fingerprint density at radius 1 is 0.963 bits per heavy atom. The van der Waals surface area contributed by atoms with Crippen LogP contribution in [0.2, 0.25) is 0 Å². The van der Waals surface area contributed by atoms with Gasteiger partial charge in [-0.15, -0.1) is 0 Å². The molecule has 0 bridgehead atoms. The molecule has 0 heterocycles. The number of rotatable bonds is 7. The van der Waals surface area contributed by atoms with Crippen molar-refractivity contribution >= 4 is 17.9 Å². The van der Waals surface area contributed by atoms with E-state index in [1.54, 1.807) is 6.07 Å². The molecule has 0 saturated heterocycles. The smallest absolute Gasteiger partial charge is 0.329 e. The number of benzene rings is 1. The van der Waals surface area contributed by atoms with Crippen molar-refractivity contribution in [2.45, 2.75) is 26.7 Å². The normalized spacial score (nSPS) is 22.3. The number of halogens is 1. The highest BCUT2D eigenvalue weighted by molar-refractivity contribution is 6.15. The summed E-state index contributed by atoms with van der Waals surface area (Å²) in [4.78, 5) is 38.4. The van der Waals surface area contributed by atoms with E-state index in [-0.39, 0.29) is 25.4 Å². The lowest BCUT2D eigenvalue weighted by atomic mass is 9.93. The maximum Gasteiger partial charge on any atom is 0.329 e. The molecule has 0 N–H and O–H groups in total. The zero-order valence-corrected chi connectivity index (χ0v) is 15.3. The number of carbonyl (C=O) groups is 3. The zero-order valence-electron chi connectivity index (χ0n) is 15.3. The molecule has 0 amide bonds. The first-order valence-corrected chi connectivity index (χ1v) is 8.56. The van der Waals surface area contributed by atoms with Crippen molar-refractivity contribution in [2.24, 2.45) is 10.8 Å². The summed E-state index contributed by atoms with van der Waals surface area (Å²) in [6.45, 7) is 4.41. The Morgan fingerprint density at radius 3 is 1.81 bits per heavy atom. The Labute approximate surface area is 156 Å². The third-order valence-electron chi connectivity index (χ3n) is 4.58. The van der Waals surface area contributed by atoms with Crippen LogP contribution in [0.15, 0.2) is 24.3 Å². The Balaban J connectivity index is 2.72. The molecule has 1 saturated carbocycles. The van der Waals surface area contributed by atoms with Crippen LogP contribution in [0.5, 0.6) is 0 Å². The maximum absolute atomic E-state index is 13.3. The fourth-order valence-electron chi connectivity index (χ4n) is 3.48. The predicted octanol–water partition coefficient (Wildman–Crippen LogP) is 2.11. The van der Waals surface area contributed by atoms with Gasteiger partial charge in [-0.2, -0.15) is 5.26 Å². The topological polar surface area (TPSA) is 103 Å². The molecule has 0 aliphatic heterocycles. The van der Waals surface area contributed by atoms with Gasteiger partial charge in [-0.05, 0) is 38.5 Å². The van der Waals surface area contributed by atoms with E-state index in [2.05, 4.69) is 0 Å². The monoisotopic (exact) mass is 377 g/mol. The molecule has 0 spiro atoms. The fourth-order valence-corrected chi connectivity index (χ4v) is 3.48. The summed E-state index contributed by atoms with van der Waals surface area (Å²) in [5, 5.41) is 9.87. The van der Waals surface area contributed by atoms with Crippen molar-refractivity contribution in [3.63, 3.8) is 0 Å². The summed E-state index contributed by atoms with van der Waals surface area (Å²) in [5.74, 6) is -4.88. The molecule has 0 radical (unpaired) electrons. The molecule has 0 unspecified atom stereocenters. The summed E-state index contributed by atoms with van der Waals surface area (Å²) in [7, 11) is 0. The summed E-state index contributed by atoms with van der Waals surface area (Å²) in [6.07, 6.45) is 0. The van der Waals surface area contributed by atoms with E-state index in [1.807, 2.05) is 0 Å². The molecule has 1 aromatic rings. The highest BCUT2D eigenvalue weighted by atomic mass is 19.1. The van der Waals surface area contributed by atoms with E-state index in [4.69, 9.17) is 14.2 Å². The number of esters is 3. The SMILES string of the molecule is CCOC(=O)C1(C(=O)OCC)[C@@H](c2ccc(F)cc2)[C@]1(C#N)C(=O)OCC. The third-order valence-corrected chi connectivity index (χ3v) is 4.58. The first-order valence-electron chi connectivity index (χ1n) is 8.56. The average Bonchev–Trinajstić information content (AvgIpc) is 3.29. The molecule has 2 rings (SSSR count). The fraction of sp³-hybridized carbons (Fsp3) is 0.474. The minimum atomic E-state index is -2.21. The van der Waals surface area contributed by atoms with E-state index < -0.39 is 40.5 Å². The lowest BCUT2D eigenvalue weighted by Crippen LogP contribution is -2.39. The van der Waals surface area contributed by atoms with Crippen LogP contribution in [0.3, 0.4) is 0 Å². The van der Waals surface area contributed by atoms with Crippen LogP contribution in [-0.2, 0) is 28.6 Å². The van der Waals surface area contributed by atoms with Gasteiger partial charge in [-0.3, -0.25) is 14.4 Å². The third kappa shape index (κ3) is 2.83. The molecule has 7 nitrogen and oxygen atoms in total. The van der Waals surface area contributed by atoms with Gasteiger partial charge in [0.1, 0.15) is 5.82 Å². The van der Waals surface area contributed by atoms with Crippen LogP contribution in [0, 0.1) is 28.0 Å². The second-order valence-corrected chi connectivity index (χ2v) is 5.87. The molecule has 8 heteroatoms. The number of hydrogen-bond acceptors (Lipinski definition) is 7. The number of hydrogen-bond donors (Lipinski definition) is 0. The minimum absolute atomic E-state index is 0.0554. The molecular weight excluding hydrogens is 357 g/mol. The van der Waals surface area contributed by atoms with Gasteiger partial charge < -0.3 is 14.2 Å². The molecule has 1 aromatic carbocycles. The maximum atomic E-state index is 13.3. The molecule has 144 valence electrons. The highest BCUT2D eigenvalue weighted by Gasteiger charge is 2.92. The van der Waals surface area contributed by atoms with Crippen LogP contribution in [0.4, 0.5) is 4.39 Å². The molecule has 1 aliphatic rings. The molecule has 1 fully saturated rings. The summed E-state index contributed by atoms with van der Waals surface area (Å²) in [6, 6.07) is 6.65. The lowest BCUT2D eigenvalue weighted by Gasteiger charge is -2.17. The molecule has 27 heavy (non-hydrogen) atoms. The predicted molar refractivity (Wildman–Crippen MR) is 89.5 cm³/mol. The quantitative estimate of drug-likeness (QED) is 0.407.